The van der Waals surface area contributed by atoms with Gasteiger partial charge in [-0.3, -0.25) is 5.84 Å². The van der Waals surface area contributed by atoms with Crippen LogP contribution >= 0.6 is 0 Å². The second kappa shape index (κ2) is 7.50. The number of ether oxygens (including phenoxy) is 2. The first-order valence-corrected chi connectivity index (χ1v) is 9.47. The molecule has 8 heteroatoms. The van der Waals surface area contributed by atoms with Gasteiger partial charge >= 0.3 is 5.97 Å². The number of methoxy groups -OCH3 is 1. The highest BCUT2D eigenvalue weighted by Gasteiger charge is 2.59. The molecule has 7 nitrogen and oxygen atoms in total. The largest absolute Gasteiger partial charge is 0.492 e. The van der Waals surface area contributed by atoms with E-state index in [4.69, 9.17) is 15.3 Å². The number of hydrogen-bond acceptors (Lipinski definition) is 7. The number of benzene rings is 1. The lowest BCUT2D eigenvalue weighted by atomic mass is 10.2. The van der Waals surface area contributed by atoms with E-state index in [1.807, 2.05) is 6.92 Å². The molecule has 0 amide bonds. The Morgan fingerprint density at radius 2 is 2.08 bits per heavy atom. The van der Waals surface area contributed by atoms with Gasteiger partial charge in [-0.05, 0) is 31.4 Å². The summed E-state index contributed by atoms with van der Waals surface area (Å²) in [6, 6.07) is 6.32. The minimum atomic E-state index is -4.13. The smallest absolute Gasteiger partial charge is 0.343 e. The number of para-hydroxylation sites is 1. The van der Waals surface area contributed by atoms with Crippen LogP contribution in [0, 0.1) is 0 Å². The van der Waals surface area contributed by atoms with Crippen LogP contribution in [0.25, 0.3) is 0 Å². The Labute approximate surface area is 142 Å². The molecule has 0 radical (unpaired) electrons. The lowest BCUT2D eigenvalue weighted by Gasteiger charge is -2.32. The van der Waals surface area contributed by atoms with E-state index >= 15 is 0 Å². The number of rotatable bonds is 7. The highest BCUT2D eigenvalue weighted by molar-refractivity contribution is 7.93. The van der Waals surface area contributed by atoms with Gasteiger partial charge in [0.15, 0.2) is 0 Å². The van der Waals surface area contributed by atoms with Crippen molar-refractivity contribution in [2.24, 2.45) is 5.84 Å². The summed E-state index contributed by atoms with van der Waals surface area (Å²) in [5.74, 6) is 5.26. The molecule has 0 spiro atoms. The molecule has 1 saturated heterocycles. The Bertz CT molecular complexity index is 691. The minimum Gasteiger partial charge on any atom is -0.492 e. The van der Waals surface area contributed by atoms with Crippen LogP contribution in [0.1, 0.15) is 32.6 Å². The van der Waals surface area contributed by atoms with Gasteiger partial charge in [-0.2, -0.15) is 0 Å². The van der Waals surface area contributed by atoms with E-state index < -0.39 is 20.7 Å². The molecule has 0 aromatic heterocycles. The monoisotopic (exact) mass is 356 g/mol. The fraction of sp³-hybridized carbons (Fsp3) is 0.562. The number of nitrogens with zero attached hydrogens (tertiary/aromatic N) is 1. The summed E-state index contributed by atoms with van der Waals surface area (Å²) < 4.78 is 37.0. The maximum absolute atomic E-state index is 13.3. The second-order valence-corrected chi connectivity index (χ2v) is 7.85. The Morgan fingerprint density at radius 3 is 2.67 bits per heavy atom. The van der Waals surface area contributed by atoms with Crippen molar-refractivity contribution < 1.29 is 22.7 Å². The van der Waals surface area contributed by atoms with E-state index in [9.17, 15) is 13.2 Å². The topological polar surface area (TPSA) is 98.9 Å². The molecule has 1 fully saturated rings. The van der Waals surface area contributed by atoms with E-state index in [1.165, 1.54) is 6.07 Å². The van der Waals surface area contributed by atoms with Crippen LogP contribution in [0.5, 0.6) is 5.75 Å². The van der Waals surface area contributed by atoms with Crippen molar-refractivity contribution in [1.82, 2.24) is 5.01 Å². The zero-order valence-electron chi connectivity index (χ0n) is 14.0. The maximum atomic E-state index is 13.3. The van der Waals surface area contributed by atoms with Crippen LogP contribution in [0.3, 0.4) is 0 Å². The van der Waals surface area contributed by atoms with Crippen molar-refractivity contribution in [2.75, 3.05) is 20.3 Å². The Hall–Kier alpha value is -1.64. The molecule has 1 aliphatic heterocycles. The average molecular weight is 356 g/mol. The van der Waals surface area contributed by atoms with Crippen molar-refractivity contribution in [2.45, 2.75) is 42.4 Å². The molecule has 2 rings (SSSR count). The summed E-state index contributed by atoms with van der Waals surface area (Å²) in [4.78, 5) is 10.4. The zero-order chi connectivity index (χ0) is 17.8. The molecule has 1 heterocycles. The van der Waals surface area contributed by atoms with Crippen molar-refractivity contribution in [3.05, 3.63) is 24.3 Å². The van der Waals surface area contributed by atoms with E-state index in [-0.39, 0.29) is 17.1 Å². The molecule has 1 unspecified atom stereocenters. The fourth-order valence-electron chi connectivity index (χ4n) is 2.89. The predicted molar refractivity (Wildman–Crippen MR) is 88.9 cm³/mol. The molecule has 134 valence electrons. The molecule has 1 aromatic rings. The average Bonchev–Trinajstić information content (AvgIpc) is 2.98. The van der Waals surface area contributed by atoms with Crippen LogP contribution < -0.4 is 10.6 Å². The summed E-state index contributed by atoms with van der Waals surface area (Å²) in [6.07, 6.45) is 2.31. The molecule has 1 aliphatic rings. The summed E-state index contributed by atoms with van der Waals surface area (Å²) in [5, 5.41) is 1.07. The number of carbonyl (C=O) groups excluding carboxylic acids is 1. The lowest BCUT2D eigenvalue weighted by Crippen LogP contribution is -2.59. The molecular weight excluding hydrogens is 332 g/mol. The van der Waals surface area contributed by atoms with Crippen LogP contribution in [-0.4, -0.2) is 44.5 Å². The molecule has 24 heavy (non-hydrogen) atoms. The maximum Gasteiger partial charge on any atom is 0.343 e. The van der Waals surface area contributed by atoms with Gasteiger partial charge in [0.1, 0.15) is 10.6 Å². The molecule has 0 aliphatic carbocycles. The van der Waals surface area contributed by atoms with Crippen molar-refractivity contribution in [3.8, 4) is 5.75 Å². The molecule has 0 bridgehead atoms. The first kappa shape index (κ1) is 18.7. The lowest BCUT2D eigenvalue weighted by molar-refractivity contribution is -0.148. The fourth-order valence-corrected chi connectivity index (χ4v) is 5.02. The quantitative estimate of drug-likeness (QED) is 0.449. The SMILES string of the molecule is CCCCOc1ccccc1S(=O)(=O)C1(C(=O)OC)CCCN1N. The van der Waals surface area contributed by atoms with Crippen LogP contribution in [-0.2, 0) is 19.4 Å². The summed E-state index contributed by atoms with van der Waals surface area (Å²) in [7, 11) is -2.97. The van der Waals surface area contributed by atoms with Gasteiger partial charge in [0.2, 0.25) is 14.7 Å². The Morgan fingerprint density at radius 1 is 1.38 bits per heavy atom. The third-order valence-corrected chi connectivity index (χ3v) is 6.63. The van der Waals surface area contributed by atoms with Crippen molar-refractivity contribution in [1.29, 1.82) is 0 Å². The number of sulfone groups is 1. The van der Waals surface area contributed by atoms with Crippen LogP contribution in [0.4, 0.5) is 0 Å². The number of nitrogens with two attached hydrogens (primary N) is 1. The van der Waals surface area contributed by atoms with Gasteiger partial charge in [-0.15, -0.1) is 0 Å². The van der Waals surface area contributed by atoms with Gasteiger partial charge in [0.25, 0.3) is 0 Å². The summed E-state index contributed by atoms with van der Waals surface area (Å²) in [5.41, 5.74) is 0. The number of hydrazine groups is 1. The molecule has 1 aromatic carbocycles. The minimum absolute atomic E-state index is 0.0381. The number of carbonyl (C=O) groups is 1. The molecule has 1 atom stereocenters. The normalized spacial score (nSPS) is 21.6. The van der Waals surface area contributed by atoms with E-state index in [0.717, 1.165) is 25.0 Å². The highest BCUT2D eigenvalue weighted by atomic mass is 32.2. The van der Waals surface area contributed by atoms with Crippen molar-refractivity contribution >= 4 is 15.8 Å². The first-order valence-electron chi connectivity index (χ1n) is 7.99. The standard InChI is InChI=1S/C16H24N2O5S/c1-3-4-12-23-13-8-5-6-9-14(13)24(20,21)16(15(19)22-2)10-7-11-18(16)17/h5-6,8-9H,3-4,7,10-12,17H2,1-2H3. The number of unbranched alkanes of at least 4 members (excludes halogenated alkanes) is 1. The van der Waals surface area contributed by atoms with Gasteiger partial charge in [-0.25, -0.2) is 18.2 Å². The summed E-state index contributed by atoms with van der Waals surface area (Å²) >= 11 is 0. The van der Waals surface area contributed by atoms with Gasteiger partial charge in [-0.1, -0.05) is 25.5 Å². The number of esters is 1. The zero-order valence-corrected chi connectivity index (χ0v) is 14.8. The molecule has 0 saturated carbocycles. The first-order chi connectivity index (χ1) is 11.4. The highest BCUT2D eigenvalue weighted by Crippen LogP contribution is 2.40. The van der Waals surface area contributed by atoms with E-state index in [2.05, 4.69) is 0 Å². The third kappa shape index (κ3) is 3.01. The van der Waals surface area contributed by atoms with Crippen molar-refractivity contribution in [3.63, 3.8) is 0 Å². The molecule has 2 N–H and O–H groups in total. The number of hydrogen-bond donors (Lipinski definition) is 1. The van der Waals surface area contributed by atoms with Gasteiger partial charge < -0.3 is 9.47 Å². The van der Waals surface area contributed by atoms with Crippen LogP contribution in [0.2, 0.25) is 0 Å². The third-order valence-electron chi connectivity index (χ3n) is 4.22. The molecular formula is C16H24N2O5S. The Balaban J connectivity index is 2.51. The van der Waals surface area contributed by atoms with E-state index in [1.54, 1.807) is 18.2 Å². The van der Waals surface area contributed by atoms with Gasteiger partial charge in [0.05, 0.1) is 13.7 Å². The Kier molecular flexibility index (Phi) is 5.84. The predicted octanol–water partition coefficient (Wildman–Crippen LogP) is 1.48. The van der Waals surface area contributed by atoms with E-state index in [0.29, 0.717) is 19.6 Å². The summed E-state index contributed by atoms with van der Waals surface area (Å²) in [6.45, 7) is 2.72. The van der Waals surface area contributed by atoms with Gasteiger partial charge in [0, 0.05) is 6.54 Å². The second-order valence-electron chi connectivity index (χ2n) is 5.73. The van der Waals surface area contributed by atoms with Crippen LogP contribution in [0.15, 0.2) is 29.2 Å².